The SMILES string of the molecule is CC(c1ccc2c(n1)OCCO2)N1CCC(Oc2cnc(Cl)nc2)CC1. The fourth-order valence-corrected chi connectivity index (χ4v) is 3.40. The van der Waals surface area contributed by atoms with E-state index < -0.39 is 0 Å². The molecule has 1 unspecified atom stereocenters. The van der Waals surface area contributed by atoms with Gasteiger partial charge in [-0.25, -0.2) is 15.0 Å². The van der Waals surface area contributed by atoms with Gasteiger partial charge in [0.15, 0.2) is 11.5 Å². The summed E-state index contributed by atoms with van der Waals surface area (Å²) in [7, 11) is 0. The highest BCUT2D eigenvalue weighted by molar-refractivity contribution is 6.28. The van der Waals surface area contributed by atoms with Crippen LogP contribution >= 0.6 is 11.6 Å². The van der Waals surface area contributed by atoms with Crippen LogP contribution in [0.3, 0.4) is 0 Å². The van der Waals surface area contributed by atoms with Crippen molar-refractivity contribution < 1.29 is 14.2 Å². The Hall–Kier alpha value is -2.12. The van der Waals surface area contributed by atoms with Gasteiger partial charge in [-0.1, -0.05) is 0 Å². The van der Waals surface area contributed by atoms with Gasteiger partial charge in [0, 0.05) is 19.1 Å². The number of nitrogens with zero attached hydrogens (tertiary/aromatic N) is 4. The van der Waals surface area contributed by atoms with E-state index in [1.165, 1.54) is 0 Å². The number of ether oxygens (including phenoxy) is 3. The van der Waals surface area contributed by atoms with Crippen molar-refractivity contribution >= 4 is 11.6 Å². The van der Waals surface area contributed by atoms with Crippen LogP contribution in [-0.2, 0) is 0 Å². The van der Waals surface area contributed by atoms with Crippen LogP contribution in [0.4, 0.5) is 0 Å². The Balaban J connectivity index is 1.34. The van der Waals surface area contributed by atoms with Crippen molar-refractivity contribution in [1.29, 1.82) is 0 Å². The lowest BCUT2D eigenvalue weighted by atomic mass is 10.0. The van der Waals surface area contributed by atoms with Gasteiger partial charge in [-0.3, -0.25) is 4.90 Å². The Labute approximate surface area is 157 Å². The van der Waals surface area contributed by atoms with Crippen molar-refractivity contribution in [2.45, 2.75) is 31.9 Å². The number of halogens is 1. The molecule has 138 valence electrons. The average Bonchev–Trinajstić information content (AvgIpc) is 2.69. The first-order chi connectivity index (χ1) is 12.7. The van der Waals surface area contributed by atoms with E-state index in [2.05, 4.69) is 26.8 Å². The summed E-state index contributed by atoms with van der Waals surface area (Å²) in [5.41, 5.74) is 1.000. The number of hydrogen-bond donors (Lipinski definition) is 0. The summed E-state index contributed by atoms with van der Waals surface area (Å²) in [5, 5.41) is 0.230. The molecule has 2 aliphatic rings. The van der Waals surface area contributed by atoms with Crippen LogP contribution in [0.5, 0.6) is 17.4 Å². The first kappa shape index (κ1) is 17.3. The molecule has 7 nitrogen and oxygen atoms in total. The number of likely N-dealkylation sites (tertiary alicyclic amines) is 1. The molecule has 1 saturated heterocycles. The summed E-state index contributed by atoms with van der Waals surface area (Å²) >= 11 is 5.70. The molecule has 0 amide bonds. The molecule has 0 aliphatic carbocycles. The Bertz CT molecular complexity index is 751. The zero-order valence-electron chi connectivity index (χ0n) is 14.6. The van der Waals surface area contributed by atoms with E-state index in [0.29, 0.717) is 24.8 Å². The second-order valence-corrected chi connectivity index (χ2v) is 6.79. The van der Waals surface area contributed by atoms with E-state index in [4.69, 9.17) is 25.8 Å². The molecule has 0 aromatic carbocycles. The molecular formula is C18H21ClN4O3. The van der Waals surface area contributed by atoms with Crippen molar-refractivity contribution in [3.05, 3.63) is 35.5 Å². The third-order valence-corrected chi connectivity index (χ3v) is 4.97. The smallest absolute Gasteiger partial charge is 0.257 e. The molecule has 8 heteroatoms. The first-order valence-electron chi connectivity index (χ1n) is 8.84. The molecule has 1 fully saturated rings. The van der Waals surface area contributed by atoms with Crippen LogP contribution in [0.25, 0.3) is 0 Å². The van der Waals surface area contributed by atoms with Crippen molar-refractivity contribution in [1.82, 2.24) is 19.9 Å². The minimum absolute atomic E-state index is 0.163. The van der Waals surface area contributed by atoms with Gasteiger partial charge in [0.25, 0.3) is 5.88 Å². The van der Waals surface area contributed by atoms with Crippen LogP contribution in [0.2, 0.25) is 5.28 Å². The predicted molar refractivity (Wildman–Crippen MR) is 95.9 cm³/mol. The van der Waals surface area contributed by atoms with Crippen LogP contribution in [0, 0.1) is 0 Å². The van der Waals surface area contributed by atoms with E-state index >= 15 is 0 Å². The summed E-state index contributed by atoms with van der Waals surface area (Å²) in [6.45, 7) is 5.18. The minimum atomic E-state index is 0.163. The Morgan fingerprint density at radius 2 is 1.88 bits per heavy atom. The maximum atomic E-state index is 5.96. The highest BCUT2D eigenvalue weighted by atomic mass is 35.5. The van der Waals surface area contributed by atoms with Gasteiger partial charge in [-0.05, 0) is 43.5 Å². The fraction of sp³-hybridized carbons (Fsp3) is 0.500. The number of pyridine rings is 1. The van der Waals surface area contributed by atoms with Crippen LogP contribution in [-0.4, -0.2) is 52.3 Å². The standard InChI is InChI=1S/C18H21ClN4O3/c1-12(15-2-3-16-17(22-15)25-9-8-24-16)23-6-4-13(5-7-23)26-14-10-20-18(19)21-11-14/h2-3,10-13H,4-9H2,1H3. The molecule has 4 heterocycles. The van der Waals surface area contributed by atoms with Gasteiger partial charge in [0.2, 0.25) is 5.28 Å². The van der Waals surface area contributed by atoms with Gasteiger partial charge >= 0.3 is 0 Å². The minimum Gasteiger partial charge on any atom is -0.487 e. The van der Waals surface area contributed by atoms with Gasteiger partial charge < -0.3 is 14.2 Å². The van der Waals surface area contributed by atoms with Crippen molar-refractivity contribution in [2.75, 3.05) is 26.3 Å². The lowest BCUT2D eigenvalue weighted by Gasteiger charge is -2.35. The van der Waals surface area contributed by atoms with Crippen LogP contribution < -0.4 is 14.2 Å². The Kier molecular flexibility index (Phi) is 5.08. The number of fused-ring (bicyclic) bond motifs is 1. The van der Waals surface area contributed by atoms with Crippen molar-refractivity contribution in [3.63, 3.8) is 0 Å². The highest BCUT2D eigenvalue weighted by Crippen LogP contribution is 2.31. The molecule has 2 aromatic rings. The summed E-state index contributed by atoms with van der Waals surface area (Å²) in [6, 6.07) is 4.18. The van der Waals surface area contributed by atoms with Crippen molar-refractivity contribution in [2.24, 2.45) is 0 Å². The monoisotopic (exact) mass is 376 g/mol. The largest absolute Gasteiger partial charge is 0.487 e. The Morgan fingerprint density at radius 1 is 1.15 bits per heavy atom. The second-order valence-electron chi connectivity index (χ2n) is 6.45. The van der Waals surface area contributed by atoms with Gasteiger partial charge in [0.05, 0.1) is 18.1 Å². The number of rotatable bonds is 4. The molecule has 1 atom stereocenters. The second kappa shape index (κ2) is 7.63. The van der Waals surface area contributed by atoms with E-state index in [-0.39, 0.29) is 17.4 Å². The average molecular weight is 377 g/mol. The Morgan fingerprint density at radius 3 is 2.65 bits per heavy atom. The molecule has 26 heavy (non-hydrogen) atoms. The topological polar surface area (TPSA) is 69.6 Å². The lowest BCUT2D eigenvalue weighted by Crippen LogP contribution is -2.39. The summed E-state index contributed by atoms with van der Waals surface area (Å²) in [5.74, 6) is 1.99. The summed E-state index contributed by atoms with van der Waals surface area (Å²) in [6.07, 6.45) is 5.28. The maximum absolute atomic E-state index is 5.96. The summed E-state index contributed by atoms with van der Waals surface area (Å²) in [4.78, 5) is 14.9. The van der Waals surface area contributed by atoms with E-state index in [1.54, 1.807) is 12.4 Å². The van der Waals surface area contributed by atoms with Gasteiger partial charge in [-0.15, -0.1) is 0 Å². The van der Waals surface area contributed by atoms with Crippen LogP contribution in [0.15, 0.2) is 24.5 Å². The molecular weight excluding hydrogens is 356 g/mol. The molecule has 2 aromatic heterocycles. The van der Waals surface area contributed by atoms with E-state index in [9.17, 15) is 0 Å². The highest BCUT2D eigenvalue weighted by Gasteiger charge is 2.26. The van der Waals surface area contributed by atoms with E-state index in [1.807, 2.05) is 12.1 Å². The maximum Gasteiger partial charge on any atom is 0.257 e. The van der Waals surface area contributed by atoms with Gasteiger partial charge in [0.1, 0.15) is 19.3 Å². The molecule has 4 rings (SSSR count). The lowest BCUT2D eigenvalue weighted by molar-refractivity contribution is 0.0776. The zero-order valence-corrected chi connectivity index (χ0v) is 15.4. The molecule has 0 radical (unpaired) electrons. The molecule has 0 bridgehead atoms. The summed E-state index contributed by atoms with van der Waals surface area (Å²) < 4.78 is 17.1. The van der Waals surface area contributed by atoms with Gasteiger partial charge in [-0.2, -0.15) is 0 Å². The third-order valence-electron chi connectivity index (χ3n) is 4.78. The van der Waals surface area contributed by atoms with Crippen molar-refractivity contribution in [3.8, 4) is 17.4 Å². The zero-order chi connectivity index (χ0) is 17.9. The quantitative estimate of drug-likeness (QED) is 0.760. The number of aromatic nitrogens is 3. The molecule has 2 aliphatic heterocycles. The normalized spacial score (nSPS) is 19.2. The first-order valence-corrected chi connectivity index (χ1v) is 9.21. The van der Waals surface area contributed by atoms with E-state index in [0.717, 1.165) is 37.4 Å². The number of piperidine rings is 1. The number of hydrogen-bond acceptors (Lipinski definition) is 7. The van der Waals surface area contributed by atoms with Crippen LogP contribution in [0.1, 0.15) is 31.5 Å². The molecule has 0 N–H and O–H groups in total. The molecule has 0 saturated carbocycles. The third kappa shape index (κ3) is 3.83. The molecule has 0 spiro atoms. The fourth-order valence-electron chi connectivity index (χ4n) is 3.30. The predicted octanol–water partition coefficient (Wildman–Crippen LogP) is 2.90.